The molecule has 0 aromatic rings. The Hall–Kier alpha value is 0. The molecular formula is C20H32. The summed E-state index contributed by atoms with van der Waals surface area (Å²) in [6, 6.07) is 0. The Bertz CT molecular complexity index is 439. The molecule has 5 rings (SSSR count). The van der Waals surface area contributed by atoms with Crippen LogP contribution in [0.2, 0.25) is 0 Å². The monoisotopic (exact) mass is 272 g/mol. The number of fused-ring (bicyclic) bond motifs is 3. The quantitative estimate of drug-likeness (QED) is 0.522. The number of hydrogen-bond acceptors (Lipinski definition) is 0. The normalized spacial score (nSPS) is 63.9. The Morgan fingerprint density at radius 3 is 2.50 bits per heavy atom. The van der Waals surface area contributed by atoms with Crippen LogP contribution in [-0.4, -0.2) is 0 Å². The summed E-state index contributed by atoms with van der Waals surface area (Å²) in [6.07, 6.45) is 17.3. The molecule has 0 heteroatoms. The average molecular weight is 272 g/mol. The average Bonchev–Trinajstić information content (AvgIpc) is 3.12. The Morgan fingerprint density at radius 2 is 1.65 bits per heavy atom. The summed E-state index contributed by atoms with van der Waals surface area (Å²) >= 11 is 0. The van der Waals surface area contributed by atoms with Gasteiger partial charge < -0.3 is 0 Å². The van der Waals surface area contributed by atoms with Crippen molar-refractivity contribution >= 4 is 0 Å². The molecule has 20 heavy (non-hydrogen) atoms. The zero-order valence-corrected chi connectivity index (χ0v) is 13.6. The second-order valence-electron chi connectivity index (χ2n) is 9.83. The van der Waals surface area contributed by atoms with Crippen LogP contribution >= 0.6 is 0 Å². The van der Waals surface area contributed by atoms with Crippen molar-refractivity contribution in [1.82, 2.24) is 0 Å². The molecule has 0 radical (unpaired) electrons. The van der Waals surface area contributed by atoms with Crippen LogP contribution in [-0.2, 0) is 0 Å². The van der Waals surface area contributed by atoms with Crippen LogP contribution in [0.25, 0.3) is 0 Å². The minimum Gasteiger partial charge on any atom is -0.0591 e. The van der Waals surface area contributed by atoms with E-state index in [-0.39, 0.29) is 0 Å². The maximum atomic E-state index is 2.75. The van der Waals surface area contributed by atoms with Gasteiger partial charge in [0.15, 0.2) is 0 Å². The maximum absolute atomic E-state index is 2.75. The van der Waals surface area contributed by atoms with E-state index < -0.39 is 0 Å². The van der Waals surface area contributed by atoms with Gasteiger partial charge in [0.2, 0.25) is 0 Å². The Kier molecular flexibility index (Phi) is 2.30. The smallest absolute Gasteiger partial charge is 0.0179 e. The summed E-state index contributed by atoms with van der Waals surface area (Å²) in [5.41, 5.74) is 2.33. The van der Waals surface area contributed by atoms with Crippen LogP contribution in [0.3, 0.4) is 0 Å². The summed E-state index contributed by atoms with van der Waals surface area (Å²) < 4.78 is 0. The third kappa shape index (κ3) is 1.23. The molecule has 1 spiro atoms. The largest absolute Gasteiger partial charge is 0.0591 e. The first-order chi connectivity index (χ1) is 9.60. The van der Waals surface area contributed by atoms with E-state index in [4.69, 9.17) is 0 Å². The van der Waals surface area contributed by atoms with Crippen molar-refractivity contribution in [3.63, 3.8) is 0 Å². The van der Waals surface area contributed by atoms with Gasteiger partial charge in [-0.25, -0.2) is 0 Å². The van der Waals surface area contributed by atoms with Gasteiger partial charge in [-0.3, -0.25) is 0 Å². The molecule has 0 saturated heterocycles. The standard InChI is InChI=1S/C20H32/c1-18-10-9-15-13-20(15,18)17-8-7-14-5-3-4-6-16(14)19(17,2)12-11-18/h14-17H,3-13H2,1-2H3. The predicted octanol–water partition coefficient (Wildman–Crippen LogP) is 5.81. The SMILES string of the molecule is CC12CCC3(C)CCC4CC43C1CCC1CCCCC12. The van der Waals surface area contributed by atoms with Crippen LogP contribution in [0.1, 0.15) is 84.5 Å². The van der Waals surface area contributed by atoms with E-state index in [2.05, 4.69) is 13.8 Å². The van der Waals surface area contributed by atoms with Crippen LogP contribution in [0.5, 0.6) is 0 Å². The Morgan fingerprint density at radius 1 is 0.800 bits per heavy atom. The van der Waals surface area contributed by atoms with E-state index in [0.29, 0.717) is 0 Å². The van der Waals surface area contributed by atoms with Crippen molar-refractivity contribution in [2.24, 2.45) is 39.9 Å². The molecular weight excluding hydrogens is 240 g/mol. The van der Waals surface area contributed by atoms with Crippen LogP contribution < -0.4 is 0 Å². The fraction of sp³-hybridized carbons (Fsp3) is 1.00. The van der Waals surface area contributed by atoms with Crippen molar-refractivity contribution in [1.29, 1.82) is 0 Å². The summed E-state index contributed by atoms with van der Waals surface area (Å²) in [5, 5.41) is 0. The maximum Gasteiger partial charge on any atom is -0.0179 e. The molecule has 0 aromatic heterocycles. The minimum atomic E-state index is 0.738. The lowest BCUT2D eigenvalue weighted by Gasteiger charge is -2.62. The molecule has 0 amide bonds. The van der Waals surface area contributed by atoms with Crippen molar-refractivity contribution in [3.05, 3.63) is 0 Å². The molecule has 5 aliphatic rings. The van der Waals surface area contributed by atoms with Crippen molar-refractivity contribution in [3.8, 4) is 0 Å². The summed E-state index contributed by atoms with van der Waals surface area (Å²) in [6.45, 7) is 5.44. The third-order valence-electron chi connectivity index (χ3n) is 9.54. The van der Waals surface area contributed by atoms with Gasteiger partial charge in [0.1, 0.15) is 0 Å². The lowest BCUT2D eigenvalue weighted by atomic mass is 9.42. The van der Waals surface area contributed by atoms with Gasteiger partial charge in [-0.15, -0.1) is 0 Å². The minimum absolute atomic E-state index is 0.738. The highest BCUT2D eigenvalue weighted by atomic mass is 14.8. The van der Waals surface area contributed by atoms with E-state index in [1.807, 2.05) is 0 Å². The van der Waals surface area contributed by atoms with E-state index in [1.54, 1.807) is 57.8 Å². The molecule has 7 atom stereocenters. The molecule has 0 aliphatic heterocycles. The van der Waals surface area contributed by atoms with Gasteiger partial charge in [0, 0.05) is 0 Å². The fourth-order valence-electron chi connectivity index (χ4n) is 8.52. The zero-order chi connectivity index (χ0) is 13.6. The molecule has 0 aromatic carbocycles. The second-order valence-corrected chi connectivity index (χ2v) is 9.83. The third-order valence-corrected chi connectivity index (χ3v) is 9.54. The molecule has 112 valence electrons. The summed E-state index contributed by atoms with van der Waals surface area (Å²) in [5.74, 6) is 4.48. The number of hydrogen-bond donors (Lipinski definition) is 0. The molecule has 0 nitrogen and oxygen atoms in total. The van der Waals surface area contributed by atoms with E-state index in [1.165, 1.54) is 12.8 Å². The van der Waals surface area contributed by atoms with E-state index in [0.717, 1.165) is 39.9 Å². The summed E-state index contributed by atoms with van der Waals surface area (Å²) in [4.78, 5) is 0. The van der Waals surface area contributed by atoms with Gasteiger partial charge in [-0.05, 0) is 91.3 Å². The van der Waals surface area contributed by atoms with Crippen LogP contribution in [0.15, 0.2) is 0 Å². The molecule has 5 saturated carbocycles. The van der Waals surface area contributed by atoms with Gasteiger partial charge in [-0.1, -0.05) is 33.1 Å². The van der Waals surface area contributed by atoms with Crippen molar-refractivity contribution in [2.45, 2.75) is 84.5 Å². The van der Waals surface area contributed by atoms with Crippen LogP contribution in [0.4, 0.5) is 0 Å². The number of rotatable bonds is 0. The van der Waals surface area contributed by atoms with Crippen molar-refractivity contribution in [2.75, 3.05) is 0 Å². The fourth-order valence-corrected chi connectivity index (χ4v) is 8.52. The Balaban J connectivity index is 1.55. The van der Waals surface area contributed by atoms with E-state index in [9.17, 15) is 0 Å². The zero-order valence-electron chi connectivity index (χ0n) is 13.6. The molecule has 0 bridgehead atoms. The lowest BCUT2D eigenvalue weighted by molar-refractivity contribution is -0.133. The molecule has 7 unspecified atom stereocenters. The highest BCUT2D eigenvalue weighted by Crippen LogP contribution is 2.84. The first-order valence-corrected chi connectivity index (χ1v) is 9.60. The highest BCUT2D eigenvalue weighted by molar-refractivity contribution is 5.24. The molecule has 0 N–H and O–H groups in total. The molecule has 5 fully saturated rings. The first-order valence-electron chi connectivity index (χ1n) is 9.60. The van der Waals surface area contributed by atoms with Gasteiger partial charge in [0.05, 0.1) is 0 Å². The van der Waals surface area contributed by atoms with Gasteiger partial charge in [-0.2, -0.15) is 0 Å². The lowest BCUT2D eigenvalue weighted by Crippen LogP contribution is -2.55. The predicted molar refractivity (Wildman–Crippen MR) is 83.4 cm³/mol. The molecule has 0 heterocycles. The summed E-state index contributed by atoms with van der Waals surface area (Å²) in [7, 11) is 0. The van der Waals surface area contributed by atoms with Crippen molar-refractivity contribution < 1.29 is 0 Å². The Labute approximate surface area is 125 Å². The van der Waals surface area contributed by atoms with Gasteiger partial charge >= 0.3 is 0 Å². The topological polar surface area (TPSA) is 0 Å². The van der Waals surface area contributed by atoms with E-state index >= 15 is 0 Å². The second kappa shape index (κ2) is 3.66. The molecule has 5 aliphatic carbocycles. The highest BCUT2D eigenvalue weighted by Gasteiger charge is 2.76. The van der Waals surface area contributed by atoms with Crippen LogP contribution in [0, 0.1) is 39.9 Å². The van der Waals surface area contributed by atoms with Gasteiger partial charge in [0.25, 0.3) is 0 Å². The first kappa shape index (κ1) is 12.5.